The summed E-state index contributed by atoms with van der Waals surface area (Å²) in [5.41, 5.74) is 1.85. The van der Waals surface area contributed by atoms with Crippen LogP contribution in [0.4, 0.5) is 5.69 Å². The summed E-state index contributed by atoms with van der Waals surface area (Å²) < 4.78 is 0. The number of amidine groups is 1. The van der Waals surface area contributed by atoms with E-state index < -0.39 is 0 Å². The largest absolute Gasteiger partial charge is 0.353 e. The molecule has 0 radical (unpaired) electrons. The number of piperazine rings is 1. The summed E-state index contributed by atoms with van der Waals surface area (Å²) in [5, 5.41) is 0. The first-order chi connectivity index (χ1) is 10.2. The van der Waals surface area contributed by atoms with Crippen LogP contribution in [0.1, 0.15) is 19.4 Å². The minimum atomic E-state index is 0.136. The summed E-state index contributed by atoms with van der Waals surface area (Å²) in [6.45, 7) is 11.1. The Morgan fingerprint density at radius 1 is 1.19 bits per heavy atom. The van der Waals surface area contributed by atoms with Crippen LogP contribution in [0.25, 0.3) is 0 Å². The Morgan fingerprint density at radius 3 is 2.38 bits per heavy atom. The molecule has 112 valence electrons. The van der Waals surface area contributed by atoms with Crippen LogP contribution in [0, 0.1) is 0 Å². The molecule has 0 atom stereocenters. The third kappa shape index (κ3) is 3.48. The molecule has 5 heteroatoms. The number of amides is 1. The minimum Gasteiger partial charge on any atom is -0.353 e. The lowest BCUT2D eigenvalue weighted by molar-refractivity contribution is -0.130. The standard InChI is InChI=1S/C16H22N4O/c1-4-18-16(14-7-5-6-8-15(14)17-3)20-11-9-19(10-12-20)13(2)21/h5-8H,3-4,9-12H2,1-2H3. The van der Waals surface area contributed by atoms with E-state index in [1.807, 2.05) is 36.1 Å². The summed E-state index contributed by atoms with van der Waals surface area (Å²) in [6, 6.07) is 7.90. The highest BCUT2D eigenvalue weighted by Gasteiger charge is 2.22. The first-order valence-electron chi connectivity index (χ1n) is 7.28. The predicted octanol–water partition coefficient (Wildman–Crippen LogP) is 1.95. The highest BCUT2D eigenvalue weighted by molar-refractivity contribution is 6.03. The fourth-order valence-electron chi connectivity index (χ4n) is 2.54. The molecule has 1 aliphatic rings. The molecule has 0 aromatic heterocycles. The Hall–Kier alpha value is -2.17. The van der Waals surface area contributed by atoms with Gasteiger partial charge in [0.05, 0.1) is 5.69 Å². The zero-order valence-electron chi connectivity index (χ0n) is 12.7. The molecule has 1 aromatic carbocycles. The van der Waals surface area contributed by atoms with Crippen molar-refractivity contribution >= 4 is 24.1 Å². The fraction of sp³-hybridized carbons (Fsp3) is 0.438. The van der Waals surface area contributed by atoms with E-state index >= 15 is 0 Å². The van der Waals surface area contributed by atoms with Gasteiger partial charge in [-0.05, 0) is 25.8 Å². The summed E-state index contributed by atoms with van der Waals surface area (Å²) in [7, 11) is 0. The Bertz CT molecular complexity index is 545. The van der Waals surface area contributed by atoms with Crippen LogP contribution < -0.4 is 0 Å². The van der Waals surface area contributed by atoms with Gasteiger partial charge in [-0.2, -0.15) is 0 Å². The van der Waals surface area contributed by atoms with E-state index in [0.717, 1.165) is 43.3 Å². The summed E-state index contributed by atoms with van der Waals surface area (Å²) in [6.07, 6.45) is 0. The Kier molecular flexibility index (Phi) is 5.09. The van der Waals surface area contributed by atoms with Crippen LogP contribution in [0.2, 0.25) is 0 Å². The van der Waals surface area contributed by atoms with Crippen molar-refractivity contribution < 1.29 is 4.79 Å². The third-order valence-electron chi connectivity index (χ3n) is 3.65. The topological polar surface area (TPSA) is 48.3 Å². The average Bonchev–Trinajstić information content (AvgIpc) is 2.52. The van der Waals surface area contributed by atoms with Crippen LogP contribution >= 0.6 is 0 Å². The molecule has 0 aliphatic carbocycles. The molecule has 0 saturated carbocycles. The lowest BCUT2D eigenvalue weighted by Crippen LogP contribution is -2.50. The van der Waals surface area contributed by atoms with E-state index in [9.17, 15) is 4.79 Å². The van der Waals surface area contributed by atoms with Crippen LogP contribution in [0.15, 0.2) is 34.3 Å². The number of para-hydroxylation sites is 1. The highest BCUT2D eigenvalue weighted by Crippen LogP contribution is 2.21. The molecule has 5 nitrogen and oxygen atoms in total. The van der Waals surface area contributed by atoms with Crippen LogP contribution in [0.3, 0.4) is 0 Å². The van der Waals surface area contributed by atoms with Gasteiger partial charge < -0.3 is 9.80 Å². The molecule has 1 amide bonds. The zero-order valence-corrected chi connectivity index (χ0v) is 12.7. The van der Waals surface area contributed by atoms with Crippen molar-refractivity contribution in [1.82, 2.24) is 9.80 Å². The van der Waals surface area contributed by atoms with Crippen molar-refractivity contribution in [2.75, 3.05) is 32.7 Å². The molecular formula is C16H22N4O. The van der Waals surface area contributed by atoms with E-state index in [2.05, 4.69) is 21.6 Å². The lowest BCUT2D eigenvalue weighted by Gasteiger charge is -2.36. The number of rotatable bonds is 3. The van der Waals surface area contributed by atoms with E-state index in [1.54, 1.807) is 6.92 Å². The number of aliphatic imine (C=N–C) groups is 2. The van der Waals surface area contributed by atoms with E-state index in [0.29, 0.717) is 6.54 Å². The molecule has 2 rings (SSSR count). The van der Waals surface area contributed by atoms with Crippen LogP contribution in [-0.2, 0) is 4.79 Å². The monoisotopic (exact) mass is 286 g/mol. The number of nitrogens with zero attached hydrogens (tertiary/aromatic N) is 4. The summed E-state index contributed by atoms with van der Waals surface area (Å²) in [5.74, 6) is 1.08. The van der Waals surface area contributed by atoms with Crippen molar-refractivity contribution in [3.63, 3.8) is 0 Å². The molecule has 0 unspecified atom stereocenters. The lowest BCUT2D eigenvalue weighted by atomic mass is 10.1. The fourth-order valence-corrected chi connectivity index (χ4v) is 2.54. The van der Waals surface area contributed by atoms with Crippen molar-refractivity contribution in [3.8, 4) is 0 Å². The SMILES string of the molecule is C=Nc1ccccc1C(=NCC)N1CCN(C(C)=O)CC1. The van der Waals surface area contributed by atoms with Crippen molar-refractivity contribution in [2.45, 2.75) is 13.8 Å². The molecule has 0 spiro atoms. The molecular weight excluding hydrogens is 264 g/mol. The van der Waals surface area contributed by atoms with Gasteiger partial charge in [-0.15, -0.1) is 0 Å². The Balaban J connectivity index is 2.23. The number of benzene rings is 1. The van der Waals surface area contributed by atoms with Gasteiger partial charge in [0.25, 0.3) is 0 Å². The maximum absolute atomic E-state index is 11.4. The quantitative estimate of drug-likeness (QED) is 0.630. The van der Waals surface area contributed by atoms with Gasteiger partial charge in [0.15, 0.2) is 0 Å². The molecule has 1 fully saturated rings. The third-order valence-corrected chi connectivity index (χ3v) is 3.65. The summed E-state index contributed by atoms with van der Waals surface area (Å²) in [4.78, 5) is 24.3. The van der Waals surface area contributed by atoms with Gasteiger partial charge in [0, 0.05) is 45.2 Å². The van der Waals surface area contributed by atoms with Gasteiger partial charge in [0.2, 0.25) is 5.91 Å². The van der Waals surface area contributed by atoms with Gasteiger partial charge in [-0.3, -0.25) is 14.8 Å². The Labute approximate surface area is 126 Å². The zero-order chi connectivity index (χ0) is 15.2. The highest BCUT2D eigenvalue weighted by atomic mass is 16.2. The van der Waals surface area contributed by atoms with Crippen molar-refractivity contribution in [3.05, 3.63) is 29.8 Å². The van der Waals surface area contributed by atoms with E-state index in [4.69, 9.17) is 0 Å². The first-order valence-corrected chi connectivity index (χ1v) is 7.28. The summed E-state index contributed by atoms with van der Waals surface area (Å²) >= 11 is 0. The minimum absolute atomic E-state index is 0.136. The maximum atomic E-state index is 11.4. The number of carbonyl (C=O) groups is 1. The van der Waals surface area contributed by atoms with Crippen LogP contribution in [-0.4, -0.2) is 61.0 Å². The molecule has 1 aromatic rings. The average molecular weight is 286 g/mol. The smallest absolute Gasteiger partial charge is 0.219 e. The van der Waals surface area contributed by atoms with Gasteiger partial charge >= 0.3 is 0 Å². The van der Waals surface area contributed by atoms with Gasteiger partial charge in [-0.25, -0.2) is 0 Å². The normalized spacial score (nSPS) is 16.0. The van der Waals surface area contributed by atoms with Crippen LogP contribution in [0.5, 0.6) is 0 Å². The first kappa shape index (κ1) is 15.2. The molecule has 0 N–H and O–H groups in total. The molecule has 1 heterocycles. The number of hydrogen-bond acceptors (Lipinski definition) is 3. The second-order valence-corrected chi connectivity index (χ2v) is 4.97. The van der Waals surface area contributed by atoms with Gasteiger partial charge in [-0.1, -0.05) is 12.1 Å². The molecule has 0 bridgehead atoms. The second kappa shape index (κ2) is 7.02. The van der Waals surface area contributed by atoms with Crippen molar-refractivity contribution in [1.29, 1.82) is 0 Å². The maximum Gasteiger partial charge on any atom is 0.219 e. The van der Waals surface area contributed by atoms with Crippen molar-refractivity contribution in [2.24, 2.45) is 9.98 Å². The number of carbonyl (C=O) groups excluding carboxylic acids is 1. The van der Waals surface area contributed by atoms with Gasteiger partial charge in [0.1, 0.15) is 5.84 Å². The predicted molar refractivity (Wildman–Crippen MR) is 86.6 cm³/mol. The number of hydrogen-bond donors (Lipinski definition) is 0. The van der Waals surface area contributed by atoms with E-state index in [1.165, 1.54) is 0 Å². The molecule has 1 aliphatic heterocycles. The Morgan fingerprint density at radius 2 is 1.81 bits per heavy atom. The molecule has 21 heavy (non-hydrogen) atoms. The van der Waals surface area contributed by atoms with E-state index in [-0.39, 0.29) is 5.91 Å². The second-order valence-electron chi connectivity index (χ2n) is 4.97. The molecule has 1 saturated heterocycles.